The molecule has 92 valence electrons. The topological polar surface area (TPSA) is 58.6 Å². The van der Waals surface area contributed by atoms with Crippen LogP contribution in [0.25, 0.3) is 0 Å². The van der Waals surface area contributed by atoms with E-state index in [1.54, 1.807) is 12.1 Å². The van der Waals surface area contributed by atoms with E-state index in [-0.39, 0.29) is 11.7 Å². The Kier molecular flexibility index (Phi) is 5.07. The Bertz CT molecular complexity index is 402. The molecule has 0 aliphatic carbocycles. The monoisotopic (exact) mass is 235 g/mol. The van der Waals surface area contributed by atoms with E-state index in [2.05, 4.69) is 11.9 Å². The van der Waals surface area contributed by atoms with Gasteiger partial charge in [0.2, 0.25) is 5.91 Å². The van der Waals surface area contributed by atoms with E-state index < -0.39 is 0 Å². The van der Waals surface area contributed by atoms with Gasteiger partial charge in [0, 0.05) is 12.5 Å². The first-order chi connectivity index (χ1) is 8.17. The molecule has 0 atom stereocenters. The number of anilines is 1. The maximum Gasteiger partial charge on any atom is 0.224 e. The molecule has 2 N–H and O–H groups in total. The number of carbonyl (C=O) groups excluding carboxylic acids is 1. The fourth-order valence-corrected chi connectivity index (χ4v) is 1.34. The van der Waals surface area contributed by atoms with Crippen LogP contribution in [0.15, 0.2) is 30.9 Å². The Hall–Kier alpha value is -1.97. The molecule has 0 saturated carbocycles. The number of rotatable bonds is 6. The molecule has 4 nitrogen and oxygen atoms in total. The molecule has 0 radical (unpaired) electrons. The van der Waals surface area contributed by atoms with Crippen molar-refractivity contribution in [1.29, 1.82) is 0 Å². The summed E-state index contributed by atoms with van der Waals surface area (Å²) >= 11 is 0. The van der Waals surface area contributed by atoms with Crippen LogP contribution in [0.2, 0.25) is 0 Å². The number of aromatic hydroxyl groups is 1. The number of phenolic OH excluding ortho intramolecular Hbond substituents is 1. The molecule has 0 aliphatic rings. The fraction of sp³-hybridized carbons (Fsp3) is 0.308. The van der Waals surface area contributed by atoms with Crippen LogP contribution in [-0.4, -0.2) is 17.6 Å². The first-order valence-corrected chi connectivity index (χ1v) is 5.54. The van der Waals surface area contributed by atoms with Gasteiger partial charge >= 0.3 is 0 Å². The molecule has 0 aliphatic heterocycles. The van der Waals surface area contributed by atoms with Crippen LogP contribution in [-0.2, 0) is 4.79 Å². The van der Waals surface area contributed by atoms with Crippen molar-refractivity contribution in [3.05, 3.63) is 30.9 Å². The third kappa shape index (κ3) is 4.18. The van der Waals surface area contributed by atoms with Gasteiger partial charge in [-0.05, 0) is 25.5 Å². The summed E-state index contributed by atoms with van der Waals surface area (Å²) in [6.07, 6.45) is 2.71. The SMILES string of the molecule is C=CCCC(=O)Nc1ccc(O)cc1OCC. The third-order valence-electron chi connectivity index (χ3n) is 2.11. The van der Waals surface area contributed by atoms with Crippen LogP contribution in [0.4, 0.5) is 5.69 Å². The summed E-state index contributed by atoms with van der Waals surface area (Å²) in [6.45, 7) is 5.87. The van der Waals surface area contributed by atoms with Crippen LogP contribution in [0.3, 0.4) is 0 Å². The quantitative estimate of drug-likeness (QED) is 0.588. The summed E-state index contributed by atoms with van der Waals surface area (Å²) in [7, 11) is 0. The van der Waals surface area contributed by atoms with Crippen molar-refractivity contribution < 1.29 is 14.6 Å². The van der Waals surface area contributed by atoms with Crippen molar-refractivity contribution in [3.63, 3.8) is 0 Å². The van der Waals surface area contributed by atoms with E-state index in [1.165, 1.54) is 12.1 Å². The summed E-state index contributed by atoms with van der Waals surface area (Å²) in [5, 5.41) is 12.1. The smallest absolute Gasteiger partial charge is 0.224 e. The number of hydrogen-bond donors (Lipinski definition) is 2. The van der Waals surface area contributed by atoms with Gasteiger partial charge in [-0.15, -0.1) is 6.58 Å². The fourth-order valence-electron chi connectivity index (χ4n) is 1.34. The molecule has 1 rings (SSSR count). The second kappa shape index (κ2) is 6.58. The third-order valence-corrected chi connectivity index (χ3v) is 2.11. The first kappa shape index (κ1) is 13.1. The van der Waals surface area contributed by atoms with E-state index in [0.29, 0.717) is 30.9 Å². The molecule has 0 saturated heterocycles. The number of carbonyl (C=O) groups is 1. The minimum Gasteiger partial charge on any atom is -0.508 e. The first-order valence-electron chi connectivity index (χ1n) is 5.54. The van der Waals surface area contributed by atoms with Crippen molar-refractivity contribution in [3.8, 4) is 11.5 Å². The van der Waals surface area contributed by atoms with E-state index >= 15 is 0 Å². The summed E-state index contributed by atoms with van der Waals surface area (Å²) in [6, 6.07) is 4.60. The molecule has 0 bridgehead atoms. The Morgan fingerprint density at radius 3 is 3.00 bits per heavy atom. The number of amides is 1. The molecule has 0 fully saturated rings. The van der Waals surface area contributed by atoms with E-state index in [4.69, 9.17) is 4.74 Å². The van der Waals surface area contributed by atoms with E-state index in [1.807, 2.05) is 6.92 Å². The van der Waals surface area contributed by atoms with Crippen LogP contribution < -0.4 is 10.1 Å². The Labute approximate surface area is 101 Å². The highest BCUT2D eigenvalue weighted by molar-refractivity contribution is 5.92. The standard InChI is InChI=1S/C13H17NO3/c1-3-5-6-13(16)14-11-8-7-10(15)9-12(11)17-4-2/h3,7-9,15H,1,4-6H2,2H3,(H,14,16). The van der Waals surface area contributed by atoms with Gasteiger partial charge in [-0.2, -0.15) is 0 Å². The summed E-state index contributed by atoms with van der Waals surface area (Å²) in [4.78, 5) is 11.5. The van der Waals surface area contributed by atoms with Gasteiger partial charge in [0.25, 0.3) is 0 Å². The maximum atomic E-state index is 11.5. The van der Waals surface area contributed by atoms with E-state index in [0.717, 1.165) is 0 Å². The highest BCUT2D eigenvalue weighted by Crippen LogP contribution is 2.28. The lowest BCUT2D eigenvalue weighted by Crippen LogP contribution is -2.11. The summed E-state index contributed by atoms with van der Waals surface area (Å²) in [5.74, 6) is 0.480. The number of benzene rings is 1. The van der Waals surface area contributed by atoms with Crippen molar-refractivity contribution in [2.45, 2.75) is 19.8 Å². The van der Waals surface area contributed by atoms with Crippen molar-refractivity contribution in [1.82, 2.24) is 0 Å². The lowest BCUT2D eigenvalue weighted by molar-refractivity contribution is -0.116. The van der Waals surface area contributed by atoms with Crippen molar-refractivity contribution >= 4 is 11.6 Å². The molecular formula is C13H17NO3. The second-order valence-electron chi connectivity index (χ2n) is 3.49. The zero-order valence-corrected chi connectivity index (χ0v) is 9.90. The van der Waals surface area contributed by atoms with Gasteiger partial charge in [0.15, 0.2) is 0 Å². The largest absolute Gasteiger partial charge is 0.508 e. The molecule has 17 heavy (non-hydrogen) atoms. The molecule has 0 unspecified atom stereocenters. The van der Waals surface area contributed by atoms with Gasteiger partial charge in [-0.25, -0.2) is 0 Å². The molecule has 0 aromatic heterocycles. The van der Waals surface area contributed by atoms with Gasteiger partial charge in [-0.1, -0.05) is 6.08 Å². The molecule has 4 heteroatoms. The zero-order valence-electron chi connectivity index (χ0n) is 9.90. The highest BCUT2D eigenvalue weighted by Gasteiger charge is 2.08. The van der Waals surface area contributed by atoms with Crippen LogP contribution in [0.5, 0.6) is 11.5 Å². The average Bonchev–Trinajstić information content (AvgIpc) is 2.30. The average molecular weight is 235 g/mol. The Balaban J connectivity index is 2.75. The molecule has 1 aromatic rings. The van der Waals surface area contributed by atoms with Crippen LogP contribution in [0, 0.1) is 0 Å². The van der Waals surface area contributed by atoms with Crippen LogP contribution in [0.1, 0.15) is 19.8 Å². The number of ether oxygens (including phenoxy) is 1. The second-order valence-corrected chi connectivity index (χ2v) is 3.49. The predicted octanol–water partition coefficient (Wildman–Crippen LogP) is 2.70. The normalized spacial score (nSPS) is 9.71. The minimum absolute atomic E-state index is 0.100. The summed E-state index contributed by atoms with van der Waals surface area (Å²) < 4.78 is 5.33. The number of nitrogens with one attached hydrogen (secondary N) is 1. The molecule has 1 aromatic carbocycles. The lowest BCUT2D eigenvalue weighted by Gasteiger charge is -2.11. The molecule has 0 spiro atoms. The Morgan fingerprint density at radius 2 is 2.35 bits per heavy atom. The number of allylic oxidation sites excluding steroid dienone is 1. The Morgan fingerprint density at radius 1 is 1.59 bits per heavy atom. The minimum atomic E-state index is -0.100. The molecular weight excluding hydrogens is 218 g/mol. The maximum absolute atomic E-state index is 11.5. The number of hydrogen-bond acceptors (Lipinski definition) is 3. The van der Waals surface area contributed by atoms with Crippen LogP contribution >= 0.6 is 0 Å². The number of phenols is 1. The van der Waals surface area contributed by atoms with Gasteiger partial charge in [0.05, 0.1) is 12.3 Å². The molecule has 0 heterocycles. The lowest BCUT2D eigenvalue weighted by atomic mass is 10.2. The predicted molar refractivity (Wildman–Crippen MR) is 67.3 cm³/mol. The van der Waals surface area contributed by atoms with Crippen molar-refractivity contribution in [2.75, 3.05) is 11.9 Å². The summed E-state index contributed by atoms with van der Waals surface area (Å²) in [5.41, 5.74) is 0.568. The molecule has 1 amide bonds. The zero-order chi connectivity index (χ0) is 12.7. The van der Waals surface area contributed by atoms with Gasteiger partial charge in [-0.3, -0.25) is 4.79 Å². The van der Waals surface area contributed by atoms with Gasteiger partial charge < -0.3 is 15.2 Å². The van der Waals surface area contributed by atoms with Crippen molar-refractivity contribution in [2.24, 2.45) is 0 Å². The van der Waals surface area contributed by atoms with Gasteiger partial charge in [0.1, 0.15) is 11.5 Å². The highest BCUT2D eigenvalue weighted by atomic mass is 16.5. The van der Waals surface area contributed by atoms with E-state index in [9.17, 15) is 9.90 Å².